The fourth-order valence-electron chi connectivity index (χ4n) is 5.08. The summed E-state index contributed by atoms with van der Waals surface area (Å²) in [6.07, 6.45) is 1.44. The molecule has 1 aliphatic heterocycles. The summed E-state index contributed by atoms with van der Waals surface area (Å²) >= 11 is 0. The number of sulfonamides is 1. The Morgan fingerprint density at radius 2 is 1.82 bits per heavy atom. The predicted octanol–water partition coefficient (Wildman–Crippen LogP) is 0.856. The minimum Gasteiger partial charge on any atom is -0.423 e. The summed E-state index contributed by atoms with van der Waals surface area (Å²) in [5.74, 6) is -2.00. The van der Waals surface area contributed by atoms with Gasteiger partial charge < -0.3 is 26.1 Å². The molecule has 0 bridgehead atoms. The summed E-state index contributed by atoms with van der Waals surface area (Å²) in [5.41, 5.74) is 12.7. The molecule has 1 aromatic heterocycles. The molecule has 1 aliphatic rings. The maximum Gasteiger partial charge on any atom is 0.336 e. The van der Waals surface area contributed by atoms with E-state index in [1.807, 2.05) is 6.92 Å². The molecule has 15 heteroatoms. The minimum atomic E-state index is -3.94. The molecule has 0 spiro atoms. The molecule has 0 saturated carbocycles. The first-order valence-electron chi connectivity index (χ1n) is 14.4. The van der Waals surface area contributed by atoms with Crippen LogP contribution < -0.4 is 32.4 Å². The molecule has 0 radical (unpaired) electrons. The number of nitrogens with zero attached hydrogens (tertiary/aromatic N) is 2. The van der Waals surface area contributed by atoms with Gasteiger partial charge in [0.1, 0.15) is 17.7 Å². The van der Waals surface area contributed by atoms with Gasteiger partial charge in [0.05, 0.1) is 11.4 Å². The number of imide groups is 1. The average Bonchev–Trinajstić information content (AvgIpc) is 3.48. The van der Waals surface area contributed by atoms with Crippen molar-refractivity contribution in [2.24, 2.45) is 16.5 Å². The highest BCUT2D eigenvalue weighted by Gasteiger charge is 2.36. The van der Waals surface area contributed by atoms with Gasteiger partial charge in [0.2, 0.25) is 27.7 Å². The number of likely N-dealkylation sites (tertiary alicyclic amines) is 1. The summed E-state index contributed by atoms with van der Waals surface area (Å²) in [7, 11) is -3.94. The maximum absolute atomic E-state index is 13.4. The van der Waals surface area contributed by atoms with Crippen LogP contribution in [-0.4, -0.2) is 68.7 Å². The van der Waals surface area contributed by atoms with Crippen molar-refractivity contribution in [3.05, 3.63) is 70.1 Å². The van der Waals surface area contributed by atoms with Gasteiger partial charge in [-0.15, -0.1) is 0 Å². The number of aryl methyl sites for hydroxylation is 2. The van der Waals surface area contributed by atoms with Crippen molar-refractivity contribution in [3.8, 4) is 0 Å². The number of hydrogen-bond donors (Lipinski definition) is 5. The number of nitrogens with one attached hydrogen (secondary N) is 3. The highest BCUT2D eigenvalue weighted by Crippen LogP contribution is 2.22. The lowest BCUT2D eigenvalue weighted by atomic mass is 10.1. The second-order valence-corrected chi connectivity index (χ2v) is 12.6. The van der Waals surface area contributed by atoms with Crippen LogP contribution in [0.3, 0.4) is 0 Å². The largest absolute Gasteiger partial charge is 0.423 e. The Morgan fingerprint density at radius 3 is 2.53 bits per heavy atom. The summed E-state index contributed by atoms with van der Waals surface area (Å²) in [6, 6.07) is 10.8. The van der Waals surface area contributed by atoms with Crippen LogP contribution in [0.1, 0.15) is 36.8 Å². The first-order chi connectivity index (χ1) is 21.3. The molecule has 0 unspecified atom stereocenters. The van der Waals surface area contributed by atoms with Gasteiger partial charge in [0.15, 0.2) is 5.96 Å². The van der Waals surface area contributed by atoms with Crippen LogP contribution in [0, 0.1) is 13.8 Å². The van der Waals surface area contributed by atoms with Gasteiger partial charge in [-0.3, -0.25) is 24.7 Å². The van der Waals surface area contributed by atoms with Crippen molar-refractivity contribution in [2.45, 2.75) is 56.5 Å². The van der Waals surface area contributed by atoms with E-state index in [1.165, 1.54) is 23.1 Å². The molecule has 240 valence electrons. The van der Waals surface area contributed by atoms with Gasteiger partial charge in [-0.25, -0.2) is 17.9 Å². The quantitative estimate of drug-likeness (QED) is 0.0814. The smallest absolute Gasteiger partial charge is 0.336 e. The molecule has 2 aromatic carbocycles. The average molecular weight is 640 g/mol. The molecular formula is C30H37N7O7S. The Balaban J connectivity index is 1.43. The van der Waals surface area contributed by atoms with Gasteiger partial charge in [-0.2, -0.15) is 0 Å². The van der Waals surface area contributed by atoms with Gasteiger partial charge in [0, 0.05) is 36.3 Å². The third-order valence-corrected chi connectivity index (χ3v) is 8.84. The van der Waals surface area contributed by atoms with Crippen LogP contribution in [0.2, 0.25) is 0 Å². The van der Waals surface area contributed by atoms with Gasteiger partial charge in [-0.05, 0) is 69.4 Å². The summed E-state index contributed by atoms with van der Waals surface area (Å²) in [4.78, 5) is 56.7. The van der Waals surface area contributed by atoms with E-state index in [9.17, 15) is 27.6 Å². The number of hydrogen-bond acceptors (Lipinski definition) is 9. The third-order valence-electron chi connectivity index (χ3n) is 7.42. The highest BCUT2D eigenvalue weighted by molar-refractivity contribution is 7.89. The highest BCUT2D eigenvalue weighted by atomic mass is 32.2. The first kappa shape index (κ1) is 33.1. The molecule has 0 aliphatic carbocycles. The fraction of sp³-hybridized carbons (Fsp3) is 0.367. The van der Waals surface area contributed by atoms with Crippen LogP contribution in [0.4, 0.5) is 5.69 Å². The Labute approximate surface area is 260 Å². The molecule has 2 heterocycles. The van der Waals surface area contributed by atoms with Crippen LogP contribution >= 0.6 is 0 Å². The van der Waals surface area contributed by atoms with E-state index in [2.05, 4.69) is 20.3 Å². The van der Waals surface area contributed by atoms with E-state index in [-0.39, 0.29) is 30.4 Å². The van der Waals surface area contributed by atoms with E-state index >= 15 is 0 Å². The molecule has 1 saturated heterocycles. The van der Waals surface area contributed by atoms with Crippen molar-refractivity contribution in [1.82, 2.24) is 14.9 Å². The van der Waals surface area contributed by atoms with Crippen molar-refractivity contribution in [1.29, 1.82) is 0 Å². The zero-order valence-electron chi connectivity index (χ0n) is 25.0. The normalized spacial score (nSPS) is 15.4. The minimum absolute atomic E-state index is 0.0179. The van der Waals surface area contributed by atoms with E-state index in [4.69, 9.17) is 15.9 Å². The summed E-state index contributed by atoms with van der Waals surface area (Å²) in [5, 5.41) is 6.23. The van der Waals surface area contributed by atoms with Crippen LogP contribution in [0.5, 0.6) is 0 Å². The topological polar surface area (TPSA) is 219 Å². The summed E-state index contributed by atoms with van der Waals surface area (Å²) < 4.78 is 32.9. The number of guanidine groups is 1. The molecule has 1 fully saturated rings. The number of carbonyl (C=O) groups excluding carboxylic acids is 3. The Bertz CT molecular complexity index is 1770. The van der Waals surface area contributed by atoms with Crippen molar-refractivity contribution < 1.29 is 27.2 Å². The Morgan fingerprint density at radius 1 is 1.09 bits per heavy atom. The lowest BCUT2D eigenvalue weighted by Gasteiger charge is -2.25. The molecule has 3 amide bonds. The Kier molecular flexibility index (Phi) is 10.6. The molecular weight excluding hydrogens is 602 g/mol. The number of fused-ring (bicyclic) bond motifs is 1. The monoisotopic (exact) mass is 639 g/mol. The van der Waals surface area contributed by atoms with Gasteiger partial charge >= 0.3 is 5.63 Å². The standard InChI is InChI=1S/C30H37N7O7S/c1-18-7-10-21(11-8-18)45(42,43)34-17-26(38)37-14-4-6-24(37)29(41)36-28(40)23(5-3-13-33-30(31)32)35-20-9-12-22-19(2)15-27(39)44-25(22)16-20/h7-12,15-16,23-24,34-35H,3-6,13-14,17H2,1-2H3,(H4,31,32,33)(H,36,40,41)/t23-,24-/m0/s1. The van der Waals surface area contributed by atoms with Crippen LogP contribution in [0.25, 0.3) is 11.0 Å². The number of anilines is 1. The second-order valence-electron chi connectivity index (χ2n) is 10.8. The van der Waals surface area contributed by atoms with Crippen LogP contribution in [-0.2, 0) is 24.4 Å². The van der Waals surface area contributed by atoms with Crippen molar-refractivity contribution in [3.63, 3.8) is 0 Å². The van der Waals surface area contributed by atoms with E-state index in [0.29, 0.717) is 30.5 Å². The lowest BCUT2D eigenvalue weighted by molar-refractivity contribution is -0.140. The molecule has 2 atom stereocenters. The SMILES string of the molecule is Cc1ccc(S(=O)(=O)NCC(=O)N2CCC[C@H]2C(=O)NC(=O)[C@H](CCCN=C(N)N)Nc2ccc3c(C)cc(=O)oc3c2)cc1. The van der Waals surface area contributed by atoms with E-state index in [0.717, 1.165) is 16.5 Å². The fourth-order valence-corrected chi connectivity index (χ4v) is 6.05. The van der Waals surface area contributed by atoms with Crippen molar-refractivity contribution in [2.75, 3.05) is 25.0 Å². The molecule has 14 nitrogen and oxygen atoms in total. The zero-order valence-corrected chi connectivity index (χ0v) is 25.9. The summed E-state index contributed by atoms with van der Waals surface area (Å²) in [6.45, 7) is 3.55. The van der Waals surface area contributed by atoms with Gasteiger partial charge in [0.25, 0.3) is 0 Å². The number of aliphatic imine (C=N–C) groups is 1. The third kappa shape index (κ3) is 8.67. The van der Waals surface area contributed by atoms with Gasteiger partial charge in [-0.1, -0.05) is 17.7 Å². The first-order valence-corrected chi connectivity index (χ1v) is 15.9. The van der Waals surface area contributed by atoms with Crippen molar-refractivity contribution >= 4 is 50.4 Å². The number of benzene rings is 2. The lowest BCUT2D eigenvalue weighted by Crippen LogP contribution is -2.52. The number of rotatable bonds is 12. The van der Waals surface area contributed by atoms with E-state index in [1.54, 1.807) is 37.3 Å². The van der Waals surface area contributed by atoms with E-state index < -0.39 is 52.0 Å². The maximum atomic E-state index is 13.4. The zero-order chi connectivity index (χ0) is 32.7. The molecule has 45 heavy (non-hydrogen) atoms. The molecule has 3 aromatic rings. The second kappa shape index (κ2) is 14.3. The molecule has 4 rings (SSSR count). The molecule has 7 N–H and O–H groups in total. The van der Waals surface area contributed by atoms with Crippen LogP contribution in [0.15, 0.2) is 67.6 Å². The number of carbonyl (C=O) groups is 3. The Hall–Kier alpha value is -4.76. The number of nitrogens with two attached hydrogens (primary N) is 2. The predicted molar refractivity (Wildman–Crippen MR) is 169 cm³/mol. The number of amides is 3.